The predicted octanol–water partition coefficient (Wildman–Crippen LogP) is 3.71. The van der Waals surface area contributed by atoms with Crippen molar-refractivity contribution in [3.63, 3.8) is 0 Å². The molecule has 15 heteroatoms. The van der Waals surface area contributed by atoms with E-state index in [2.05, 4.69) is 12.2 Å². The Labute approximate surface area is 288 Å². The molecule has 1 aliphatic rings. The number of nitrogens with zero attached hydrogens (tertiary/aromatic N) is 1. The first-order valence-electron chi connectivity index (χ1n) is 17.4. The summed E-state index contributed by atoms with van der Waals surface area (Å²) in [7, 11) is 0. The predicted molar refractivity (Wildman–Crippen MR) is 177 cm³/mol. The van der Waals surface area contributed by atoms with Crippen molar-refractivity contribution in [3.8, 4) is 0 Å². The third-order valence-electron chi connectivity index (χ3n) is 8.79. The highest BCUT2D eigenvalue weighted by Crippen LogP contribution is 2.24. The lowest BCUT2D eigenvalue weighted by Crippen LogP contribution is -2.60. The minimum Gasteiger partial charge on any atom is -0.424 e. The molecule has 0 spiro atoms. The van der Waals surface area contributed by atoms with Crippen LogP contribution < -0.4 is 5.32 Å². The third-order valence-corrected chi connectivity index (χ3v) is 8.79. The van der Waals surface area contributed by atoms with E-state index in [-0.39, 0.29) is 17.2 Å². The second kappa shape index (κ2) is 23.5. The van der Waals surface area contributed by atoms with Crippen LogP contribution in [0.4, 0.5) is 10.5 Å². The smallest absolute Gasteiger partial charge is 0.410 e. The van der Waals surface area contributed by atoms with E-state index in [0.29, 0.717) is 6.42 Å². The Kier molecular flexibility index (Phi) is 20.2. The van der Waals surface area contributed by atoms with Gasteiger partial charge in [-0.1, -0.05) is 90.9 Å². The van der Waals surface area contributed by atoms with Crippen LogP contribution in [0, 0.1) is 16.0 Å². The SMILES string of the molecule is CCCCCCCCCCCCCC[C@@H](C)[C@@H](O)[C@H](CO[C@H]1OC(CO)[C@H](O)[C@H](O)C1O)NC(=O)OCOC(=O)c1ccc([N+](=O)[O-])cc1. The van der Waals surface area contributed by atoms with Gasteiger partial charge in [0, 0.05) is 12.1 Å². The topological polar surface area (TPSA) is 227 Å². The van der Waals surface area contributed by atoms with E-state index in [0.717, 1.165) is 37.8 Å². The van der Waals surface area contributed by atoms with E-state index < -0.39 is 79.8 Å². The van der Waals surface area contributed by atoms with Crippen molar-refractivity contribution in [2.24, 2.45) is 5.92 Å². The Morgan fingerprint density at radius 3 is 2.02 bits per heavy atom. The van der Waals surface area contributed by atoms with Gasteiger partial charge in [0.05, 0.1) is 35.8 Å². The summed E-state index contributed by atoms with van der Waals surface area (Å²) in [5, 5.41) is 64.4. The molecular weight excluding hydrogens is 644 g/mol. The fourth-order valence-corrected chi connectivity index (χ4v) is 5.64. The first kappa shape index (κ1) is 42.2. The molecule has 280 valence electrons. The molecule has 0 aliphatic carbocycles. The van der Waals surface area contributed by atoms with Crippen LogP contribution in [0.15, 0.2) is 24.3 Å². The lowest BCUT2D eigenvalue weighted by Gasteiger charge is -2.40. The molecule has 1 aromatic carbocycles. The number of unbranched alkanes of at least 4 members (excludes halogenated alkanes) is 11. The van der Waals surface area contributed by atoms with Crippen molar-refractivity contribution < 1.29 is 59.0 Å². The number of nitro groups is 1. The Hall–Kier alpha value is -2.92. The Bertz CT molecular complexity index is 1090. The van der Waals surface area contributed by atoms with Crippen molar-refractivity contribution in [1.82, 2.24) is 5.32 Å². The van der Waals surface area contributed by atoms with Gasteiger partial charge < -0.3 is 49.8 Å². The Morgan fingerprint density at radius 2 is 1.47 bits per heavy atom. The van der Waals surface area contributed by atoms with Gasteiger partial charge in [0.25, 0.3) is 5.69 Å². The van der Waals surface area contributed by atoms with Crippen LogP contribution in [0.2, 0.25) is 0 Å². The average molecular weight is 701 g/mol. The molecule has 0 bridgehead atoms. The van der Waals surface area contributed by atoms with Gasteiger partial charge in [0.1, 0.15) is 24.4 Å². The molecule has 0 radical (unpaired) electrons. The molecule has 0 saturated carbocycles. The molecule has 8 atom stereocenters. The summed E-state index contributed by atoms with van der Waals surface area (Å²) >= 11 is 0. The molecule has 0 aromatic heterocycles. The molecule has 2 rings (SSSR count). The van der Waals surface area contributed by atoms with Gasteiger partial charge in [-0.05, 0) is 24.5 Å². The number of amides is 1. The molecule has 1 aromatic rings. The number of aliphatic hydroxyl groups excluding tert-OH is 5. The average Bonchev–Trinajstić information content (AvgIpc) is 3.09. The number of carbonyl (C=O) groups is 2. The first-order valence-corrected chi connectivity index (χ1v) is 17.4. The van der Waals surface area contributed by atoms with Crippen molar-refractivity contribution >= 4 is 17.7 Å². The number of nitro benzene ring substituents is 1. The monoisotopic (exact) mass is 700 g/mol. The van der Waals surface area contributed by atoms with E-state index in [4.69, 9.17) is 18.9 Å². The fraction of sp³-hybridized carbons (Fsp3) is 0.765. The standard InChI is InChI=1S/C34H56N2O13/c1-3-4-5-6-7-8-9-10-11-12-13-14-15-23(2)28(38)26(21-46-33-31(41)30(40)29(39)27(20-37)49-33)35-34(43)48-22-47-32(42)24-16-18-25(19-17-24)36(44)45/h16-19,23,26-31,33,37-41H,3-15,20-22H2,1-2H3,(H,35,43)/t23-,26+,27?,28-,29+,30+,31?,33+/m1/s1. The number of aliphatic hydroxyl groups is 5. The summed E-state index contributed by atoms with van der Waals surface area (Å²) < 4.78 is 20.9. The molecule has 49 heavy (non-hydrogen) atoms. The maximum absolute atomic E-state index is 12.6. The molecule has 6 N–H and O–H groups in total. The summed E-state index contributed by atoms with van der Waals surface area (Å²) in [6.45, 7) is 2.17. The van der Waals surface area contributed by atoms with Crippen LogP contribution >= 0.6 is 0 Å². The van der Waals surface area contributed by atoms with Gasteiger partial charge in [0.2, 0.25) is 6.79 Å². The number of alkyl carbamates (subject to hydrolysis) is 1. The third kappa shape index (κ3) is 15.2. The summed E-state index contributed by atoms with van der Waals surface area (Å²) in [6, 6.07) is 3.55. The molecule has 1 fully saturated rings. The highest BCUT2D eigenvalue weighted by atomic mass is 16.7. The Balaban J connectivity index is 1.87. The molecule has 2 unspecified atom stereocenters. The van der Waals surface area contributed by atoms with Gasteiger partial charge in [0.15, 0.2) is 6.29 Å². The van der Waals surface area contributed by atoms with Crippen molar-refractivity contribution in [1.29, 1.82) is 0 Å². The quantitative estimate of drug-likeness (QED) is 0.0298. The number of nitrogens with one attached hydrogen (secondary N) is 1. The number of hydrogen-bond acceptors (Lipinski definition) is 13. The highest BCUT2D eigenvalue weighted by molar-refractivity contribution is 5.89. The summed E-state index contributed by atoms with van der Waals surface area (Å²) in [5.74, 6) is -1.19. The van der Waals surface area contributed by atoms with Crippen LogP contribution in [-0.2, 0) is 18.9 Å². The van der Waals surface area contributed by atoms with E-state index in [9.17, 15) is 45.2 Å². The molecular formula is C34H56N2O13. The Morgan fingerprint density at radius 1 is 0.898 bits per heavy atom. The molecule has 1 heterocycles. The van der Waals surface area contributed by atoms with E-state index >= 15 is 0 Å². The number of carbonyl (C=O) groups excluding carboxylic acids is 2. The van der Waals surface area contributed by atoms with E-state index in [1.807, 2.05) is 6.92 Å². The number of esters is 1. The molecule has 1 aliphatic heterocycles. The minimum absolute atomic E-state index is 0.00228. The molecule has 1 amide bonds. The number of benzene rings is 1. The molecule has 1 saturated heterocycles. The lowest BCUT2D eigenvalue weighted by molar-refractivity contribution is -0.384. The summed E-state index contributed by atoms with van der Waals surface area (Å²) in [5.41, 5.74) is -0.210. The zero-order chi connectivity index (χ0) is 36.2. The van der Waals surface area contributed by atoms with Gasteiger partial charge in [-0.2, -0.15) is 0 Å². The second-order valence-corrected chi connectivity index (χ2v) is 12.7. The number of hydrogen-bond donors (Lipinski definition) is 6. The summed E-state index contributed by atoms with van der Waals surface area (Å²) in [4.78, 5) is 35.1. The van der Waals surface area contributed by atoms with E-state index in [1.54, 1.807) is 0 Å². The largest absolute Gasteiger partial charge is 0.424 e. The van der Waals surface area contributed by atoms with Crippen molar-refractivity contribution in [2.75, 3.05) is 20.0 Å². The van der Waals surface area contributed by atoms with Gasteiger partial charge in [-0.3, -0.25) is 10.1 Å². The van der Waals surface area contributed by atoms with Crippen LogP contribution in [0.5, 0.6) is 0 Å². The first-order chi connectivity index (χ1) is 23.5. The van der Waals surface area contributed by atoms with E-state index in [1.165, 1.54) is 63.5 Å². The number of rotatable bonds is 24. The van der Waals surface area contributed by atoms with Crippen molar-refractivity contribution in [2.45, 2.75) is 140 Å². The zero-order valence-electron chi connectivity index (χ0n) is 28.7. The number of ether oxygens (including phenoxy) is 4. The maximum atomic E-state index is 12.6. The maximum Gasteiger partial charge on any atom is 0.410 e. The second-order valence-electron chi connectivity index (χ2n) is 12.7. The fourth-order valence-electron chi connectivity index (χ4n) is 5.64. The van der Waals surface area contributed by atoms with Crippen LogP contribution in [0.25, 0.3) is 0 Å². The number of non-ortho nitro benzene ring substituents is 1. The van der Waals surface area contributed by atoms with Crippen molar-refractivity contribution in [3.05, 3.63) is 39.9 Å². The van der Waals surface area contributed by atoms with Crippen LogP contribution in [-0.4, -0.2) is 105 Å². The van der Waals surface area contributed by atoms with Gasteiger partial charge in [-0.15, -0.1) is 0 Å². The van der Waals surface area contributed by atoms with Gasteiger partial charge >= 0.3 is 12.1 Å². The zero-order valence-corrected chi connectivity index (χ0v) is 28.7. The highest BCUT2D eigenvalue weighted by Gasteiger charge is 2.44. The minimum atomic E-state index is -1.68. The van der Waals surface area contributed by atoms with Crippen LogP contribution in [0.3, 0.4) is 0 Å². The normalized spacial score (nSPS) is 22.6. The van der Waals surface area contributed by atoms with Crippen LogP contribution in [0.1, 0.15) is 108 Å². The lowest BCUT2D eigenvalue weighted by atomic mass is 9.92. The summed E-state index contributed by atoms with van der Waals surface area (Å²) in [6.07, 6.45) is 5.13. The molecule has 15 nitrogen and oxygen atoms in total. The van der Waals surface area contributed by atoms with Gasteiger partial charge in [-0.25, -0.2) is 9.59 Å².